The fraction of sp³-hybridized carbons (Fsp3) is 0.300. The van der Waals surface area contributed by atoms with Gasteiger partial charge in [0.1, 0.15) is 30.3 Å². The molecule has 0 bridgehead atoms. The van der Waals surface area contributed by atoms with E-state index in [0.29, 0.717) is 17.2 Å². The normalized spacial score (nSPS) is 18.4. The number of rotatable bonds is 10. The first kappa shape index (κ1) is 26.4. The van der Waals surface area contributed by atoms with E-state index < -0.39 is 41.7 Å². The molecule has 3 atom stereocenters. The molecule has 0 aromatic heterocycles. The van der Waals surface area contributed by atoms with E-state index in [9.17, 15) is 18.8 Å². The third-order valence-electron chi connectivity index (χ3n) is 7.19. The number of nitrogens with zero attached hydrogens (tertiary/aromatic N) is 1. The fourth-order valence-electron chi connectivity index (χ4n) is 4.92. The van der Waals surface area contributed by atoms with Crippen LogP contribution < -0.4 is 15.4 Å². The number of urea groups is 1. The minimum Gasteiger partial charge on any atom is -0.491 e. The van der Waals surface area contributed by atoms with Crippen molar-refractivity contribution in [2.45, 2.75) is 43.7 Å². The highest BCUT2D eigenvalue weighted by molar-refractivity contribution is 6.10. The number of benzene rings is 3. The van der Waals surface area contributed by atoms with Crippen molar-refractivity contribution in [3.05, 3.63) is 95.3 Å². The molecule has 2 aliphatic rings. The molecule has 3 aromatic rings. The third-order valence-corrected chi connectivity index (χ3v) is 7.19. The lowest BCUT2D eigenvalue weighted by Gasteiger charge is -2.30. The van der Waals surface area contributed by atoms with Crippen LogP contribution in [0.4, 0.5) is 14.9 Å². The summed E-state index contributed by atoms with van der Waals surface area (Å²) < 4.78 is 20.3. The summed E-state index contributed by atoms with van der Waals surface area (Å²) in [4.78, 5) is 41.4. The Bertz CT molecular complexity index is 1360. The Morgan fingerprint density at radius 3 is 2.41 bits per heavy atom. The van der Waals surface area contributed by atoms with Crippen LogP contribution in [0.3, 0.4) is 0 Å². The molecule has 1 saturated heterocycles. The maximum absolute atomic E-state index is 14.9. The standard InChI is InChI=1S/C30H30FN3O5/c1-18(19-5-3-2-4-6-19)27(28(36)32-25-14-11-22(17-24(25)31)20-7-8-20)34-29(37)26(33-30(34)38)21-9-12-23(13-10-21)39-16-15-35/h2-6,9-14,17-18,20,26-27,35H,7-8,15-16H2,1H3,(H,32,36)(H,33,38)/t18-,26+,27?/m0/s1. The molecule has 1 aliphatic carbocycles. The zero-order valence-corrected chi connectivity index (χ0v) is 21.5. The van der Waals surface area contributed by atoms with Crippen LogP contribution in [0.1, 0.15) is 54.3 Å². The number of amides is 4. The number of aliphatic hydroxyl groups is 1. The molecule has 9 heteroatoms. The predicted octanol–water partition coefficient (Wildman–Crippen LogP) is 4.48. The molecular formula is C30H30FN3O5. The van der Waals surface area contributed by atoms with E-state index in [1.807, 2.05) is 30.3 Å². The van der Waals surface area contributed by atoms with Gasteiger partial charge >= 0.3 is 6.03 Å². The van der Waals surface area contributed by atoms with E-state index in [1.54, 1.807) is 37.3 Å². The molecule has 1 heterocycles. The monoisotopic (exact) mass is 531 g/mol. The van der Waals surface area contributed by atoms with E-state index in [4.69, 9.17) is 9.84 Å². The second-order valence-electron chi connectivity index (χ2n) is 9.88. The molecule has 8 nitrogen and oxygen atoms in total. The Morgan fingerprint density at radius 1 is 1.08 bits per heavy atom. The lowest BCUT2D eigenvalue weighted by molar-refractivity contribution is -0.134. The summed E-state index contributed by atoms with van der Waals surface area (Å²) in [6.45, 7) is 1.75. The van der Waals surface area contributed by atoms with Gasteiger partial charge in [-0.05, 0) is 59.7 Å². The quantitative estimate of drug-likeness (QED) is 0.335. The highest BCUT2D eigenvalue weighted by Crippen LogP contribution is 2.41. The Labute approximate surface area is 225 Å². The van der Waals surface area contributed by atoms with Crippen LogP contribution in [-0.4, -0.2) is 47.1 Å². The Hall–Kier alpha value is -4.24. The molecule has 1 aliphatic heterocycles. The first-order chi connectivity index (χ1) is 18.9. The molecule has 4 amide bonds. The van der Waals surface area contributed by atoms with Gasteiger partial charge in [0.15, 0.2) is 0 Å². The van der Waals surface area contributed by atoms with Crippen LogP contribution in [0.2, 0.25) is 0 Å². The molecule has 0 spiro atoms. The molecule has 39 heavy (non-hydrogen) atoms. The van der Waals surface area contributed by atoms with Crippen molar-refractivity contribution in [2.24, 2.45) is 0 Å². The van der Waals surface area contributed by atoms with Gasteiger partial charge in [0, 0.05) is 5.92 Å². The number of carbonyl (C=O) groups is 3. The first-order valence-corrected chi connectivity index (χ1v) is 13.0. The van der Waals surface area contributed by atoms with E-state index in [-0.39, 0.29) is 18.9 Å². The molecule has 5 rings (SSSR count). The summed E-state index contributed by atoms with van der Waals surface area (Å²) in [7, 11) is 0. The van der Waals surface area contributed by atoms with Gasteiger partial charge in [0.25, 0.3) is 5.91 Å². The molecular weight excluding hydrogens is 501 g/mol. The van der Waals surface area contributed by atoms with Crippen molar-refractivity contribution in [1.29, 1.82) is 0 Å². The van der Waals surface area contributed by atoms with E-state index in [0.717, 1.165) is 28.9 Å². The number of halogens is 1. The van der Waals surface area contributed by atoms with Gasteiger partial charge in [-0.3, -0.25) is 9.59 Å². The number of imide groups is 1. The van der Waals surface area contributed by atoms with Crippen LogP contribution in [0.25, 0.3) is 0 Å². The van der Waals surface area contributed by atoms with Crippen LogP contribution in [-0.2, 0) is 9.59 Å². The van der Waals surface area contributed by atoms with Gasteiger partial charge in [0.05, 0.1) is 12.3 Å². The lowest BCUT2D eigenvalue weighted by Crippen LogP contribution is -2.50. The van der Waals surface area contributed by atoms with Gasteiger partial charge in [-0.25, -0.2) is 14.1 Å². The summed E-state index contributed by atoms with van der Waals surface area (Å²) in [5.41, 5.74) is 2.15. The summed E-state index contributed by atoms with van der Waals surface area (Å²) in [6.07, 6.45) is 2.04. The zero-order chi connectivity index (χ0) is 27.5. The van der Waals surface area contributed by atoms with Crippen molar-refractivity contribution in [3.8, 4) is 5.75 Å². The molecule has 202 valence electrons. The summed E-state index contributed by atoms with van der Waals surface area (Å²) >= 11 is 0. The van der Waals surface area contributed by atoms with Gasteiger partial charge in [-0.2, -0.15) is 0 Å². The van der Waals surface area contributed by atoms with Crippen molar-refractivity contribution in [2.75, 3.05) is 18.5 Å². The maximum Gasteiger partial charge on any atom is 0.325 e. The molecule has 3 N–H and O–H groups in total. The summed E-state index contributed by atoms with van der Waals surface area (Å²) in [6, 6.07) is 17.5. The summed E-state index contributed by atoms with van der Waals surface area (Å²) in [5, 5.41) is 14.2. The van der Waals surface area contributed by atoms with Crippen LogP contribution in [0, 0.1) is 5.82 Å². The average molecular weight is 532 g/mol. The molecule has 0 radical (unpaired) electrons. The fourth-order valence-corrected chi connectivity index (χ4v) is 4.92. The highest BCUT2D eigenvalue weighted by atomic mass is 19.1. The number of aliphatic hydroxyl groups excluding tert-OH is 1. The zero-order valence-electron chi connectivity index (χ0n) is 21.5. The van der Waals surface area contributed by atoms with Crippen molar-refractivity contribution < 1.29 is 28.6 Å². The van der Waals surface area contributed by atoms with Gasteiger partial charge < -0.3 is 20.5 Å². The first-order valence-electron chi connectivity index (χ1n) is 13.0. The summed E-state index contributed by atoms with van der Waals surface area (Å²) in [5.74, 6) is -1.53. The minimum absolute atomic E-state index is 0.00302. The number of hydrogen-bond acceptors (Lipinski definition) is 5. The average Bonchev–Trinajstić information content (AvgIpc) is 3.76. The van der Waals surface area contributed by atoms with E-state index in [1.165, 1.54) is 12.1 Å². The van der Waals surface area contributed by atoms with Gasteiger partial charge in [0.2, 0.25) is 5.91 Å². The molecule has 2 fully saturated rings. The Kier molecular flexibility index (Phi) is 7.60. The number of nitrogens with one attached hydrogen (secondary N) is 2. The maximum atomic E-state index is 14.9. The largest absolute Gasteiger partial charge is 0.491 e. The number of anilines is 1. The molecule has 3 aromatic carbocycles. The SMILES string of the molecule is C[C@@H](c1ccccc1)C(C(=O)Nc1ccc(C2CC2)cc1F)N1C(=O)N[C@H](c2ccc(OCCO)cc2)C1=O. The van der Waals surface area contributed by atoms with E-state index in [2.05, 4.69) is 10.6 Å². The Morgan fingerprint density at radius 2 is 1.77 bits per heavy atom. The van der Waals surface area contributed by atoms with Crippen LogP contribution in [0.15, 0.2) is 72.8 Å². The second kappa shape index (κ2) is 11.2. The van der Waals surface area contributed by atoms with Crippen molar-refractivity contribution in [1.82, 2.24) is 10.2 Å². The Balaban J connectivity index is 1.42. The topological polar surface area (TPSA) is 108 Å². The van der Waals surface area contributed by atoms with Crippen LogP contribution >= 0.6 is 0 Å². The van der Waals surface area contributed by atoms with E-state index >= 15 is 0 Å². The third kappa shape index (κ3) is 5.63. The number of hydrogen-bond donors (Lipinski definition) is 3. The van der Waals surface area contributed by atoms with Crippen molar-refractivity contribution in [3.63, 3.8) is 0 Å². The predicted molar refractivity (Wildman–Crippen MR) is 143 cm³/mol. The molecule has 1 unspecified atom stereocenters. The second-order valence-corrected chi connectivity index (χ2v) is 9.88. The highest BCUT2D eigenvalue weighted by Gasteiger charge is 2.47. The van der Waals surface area contributed by atoms with Gasteiger partial charge in [-0.1, -0.05) is 55.5 Å². The van der Waals surface area contributed by atoms with Gasteiger partial charge in [-0.15, -0.1) is 0 Å². The van der Waals surface area contributed by atoms with Crippen LogP contribution in [0.5, 0.6) is 5.75 Å². The number of ether oxygens (including phenoxy) is 1. The smallest absolute Gasteiger partial charge is 0.325 e. The lowest BCUT2D eigenvalue weighted by atomic mass is 9.91. The molecule has 1 saturated carbocycles. The minimum atomic E-state index is -1.24. The number of carbonyl (C=O) groups excluding carboxylic acids is 3. The van der Waals surface area contributed by atoms with Crippen molar-refractivity contribution >= 4 is 23.5 Å².